The van der Waals surface area contributed by atoms with E-state index in [2.05, 4.69) is 5.32 Å². The standard InChI is InChI=1S/C12H16N2O4S2/c13-10(15)4-3-9(12(17)18)14-11(16)7-19-6-8-2-1-5-20-8/h1-2,5,9H,3-4,6-7H2,(H2,13,15)(H,14,16)(H,17,18)/t9-/m1/s1. The fourth-order valence-electron chi connectivity index (χ4n) is 1.42. The van der Waals surface area contributed by atoms with E-state index in [1.165, 1.54) is 11.8 Å². The fraction of sp³-hybridized carbons (Fsp3) is 0.417. The van der Waals surface area contributed by atoms with Crippen molar-refractivity contribution in [1.82, 2.24) is 5.32 Å². The average molecular weight is 316 g/mol. The van der Waals surface area contributed by atoms with Crippen LogP contribution in [0.1, 0.15) is 17.7 Å². The molecule has 4 N–H and O–H groups in total. The van der Waals surface area contributed by atoms with Gasteiger partial charge in [0.25, 0.3) is 0 Å². The van der Waals surface area contributed by atoms with E-state index in [1.54, 1.807) is 11.3 Å². The molecule has 0 radical (unpaired) electrons. The van der Waals surface area contributed by atoms with Crippen LogP contribution in [-0.4, -0.2) is 34.7 Å². The first kappa shape index (κ1) is 16.5. The second-order valence-electron chi connectivity index (χ2n) is 4.04. The van der Waals surface area contributed by atoms with Crippen molar-refractivity contribution in [1.29, 1.82) is 0 Å². The lowest BCUT2D eigenvalue weighted by Gasteiger charge is -2.13. The van der Waals surface area contributed by atoms with Gasteiger partial charge in [-0.25, -0.2) is 4.79 Å². The van der Waals surface area contributed by atoms with E-state index >= 15 is 0 Å². The molecule has 110 valence electrons. The van der Waals surface area contributed by atoms with Crippen molar-refractivity contribution in [2.24, 2.45) is 5.73 Å². The maximum atomic E-state index is 11.6. The van der Waals surface area contributed by atoms with Gasteiger partial charge in [0, 0.05) is 17.1 Å². The van der Waals surface area contributed by atoms with Gasteiger partial charge in [-0.3, -0.25) is 9.59 Å². The molecule has 0 saturated heterocycles. The number of carboxylic acid groups (broad SMARTS) is 1. The summed E-state index contributed by atoms with van der Waals surface area (Å²) in [5.74, 6) is -1.22. The zero-order valence-electron chi connectivity index (χ0n) is 10.7. The highest BCUT2D eigenvalue weighted by atomic mass is 32.2. The van der Waals surface area contributed by atoms with Crippen molar-refractivity contribution in [3.05, 3.63) is 22.4 Å². The lowest BCUT2D eigenvalue weighted by atomic mass is 10.1. The maximum Gasteiger partial charge on any atom is 0.326 e. The number of carbonyl (C=O) groups is 3. The fourth-order valence-corrected chi connectivity index (χ4v) is 3.10. The quantitative estimate of drug-likeness (QED) is 0.625. The van der Waals surface area contributed by atoms with Crippen molar-refractivity contribution in [2.75, 3.05) is 5.75 Å². The van der Waals surface area contributed by atoms with Crippen LogP contribution < -0.4 is 11.1 Å². The summed E-state index contributed by atoms with van der Waals surface area (Å²) in [4.78, 5) is 34.3. The first-order valence-corrected chi connectivity index (χ1v) is 7.93. The van der Waals surface area contributed by atoms with Gasteiger partial charge in [-0.1, -0.05) is 6.07 Å². The third-order valence-electron chi connectivity index (χ3n) is 2.37. The molecule has 0 aliphatic carbocycles. The topological polar surface area (TPSA) is 109 Å². The number of nitrogens with two attached hydrogens (primary N) is 1. The third-order valence-corrected chi connectivity index (χ3v) is 4.41. The number of thiophene rings is 1. The molecule has 0 aliphatic heterocycles. The van der Waals surface area contributed by atoms with Crippen molar-refractivity contribution >= 4 is 40.9 Å². The lowest BCUT2D eigenvalue weighted by Crippen LogP contribution is -2.42. The van der Waals surface area contributed by atoms with Gasteiger partial charge in [0.05, 0.1) is 5.75 Å². The lowest BCUT2D eigenvalue weighted by molar-refractivity contribution is -0.141. The molecule has 1 aromatic heterocycles. The van der Waals surface area contributed by atoms with Crippen LogP contribution in [0.5, 0.6) is 0 Å². The molecule has 0 aromatic carbocycles. The maximum absolute atomic E-state index is 11.6. The molecule has 1 aromatic rings. The van der Waals surface area contributed by atoms with E-state index in [0.29, 0.717) is 5.75 Å². The van der Waals surface area contributed by atoms with Gasteiger partial charge in [0.2, 0.25) is 11.8 Å². The number of aliphatic carboxylic acids is 1. The first-order chi connectivity index (χ1) is 9.49. The van der Waals surface area contributed by atoms with Crippen LogP contribution in [0.3, 0.4) is 0 Å². The predicted molar refractivity (Wildman–Crippen MR) is 78.5 cm³/mol. The van der Waals surface area contributed by atoms with Gasteiger partial charge in [-0.15, -0.1) is 23.1 Å². The highest BCUT2D eigenvalue weighted by molar-refractivity contribution is 7.99. The largest absolute Gasteiger partial charge is 0.480 e. The van der Waals surface area contributed by atoms with Crippen LogP contribution in [-0.2, 0) is 20.1 Å². The van der Waals surface area contributed by atoms with Crippen molar-refractivity contribution in [2.45, 2.75) is 24.6 Å². The van der Waals surface area contributed by atoms with Crippen LogP contribution in [0.2, 0.25) is 0 Å². The summed E-state index contributed by atoms with van der Waals surface area (Å²) in [5.41, 5.74) is 4.96. The number of nitrogens with one attached hydrogen (secondary N) is 1. The number of amides is 2. The zero-order chi connectivity index (χ0) is 15.0. The number of rotatable bonds is 9. The predicted octanol–water partition coefficient (Wildman–Crippen LogP) is 0.816. The Kier molecular flexibility index (Phi) is 7.10. The Balaban J connectivity index is 2.30. The average Bonchev–Trinajstić information content (AvgIpc) is 2.87. The van der Waals surface area contributed by atoms with Crippen LogP contribution in [0, 0.1) is 0 Å². The molecule has 1 atom stereocenters. The van der Waals surface area contributed by atoms with E-state index < -0.39 is 17.9 Å². The van der Waals surface area contributed by atoms with Crippen LogP contribution in [0.15, 0.2) is 17.5 Å². The Morgan fingerprint density at radius 2 is 2.20 bits per heavy atom. The Hall–Kier alpha value is -1.54. The molecule has 0 fully saturated rings. The summed E-state index contributed by atoms with van der Waals surface area (Å²) in [6.07, 6.45) is -0.0639. The molecule has 0 spiro atoms. The summed E-state index contributed by atoms with van der Waals surface area (Å²) in [7, 11) is 0. The van der Waals surface area contributed by atoms with Crippen molar-refractivity contribution in [3.8, 4) is 0 Å². The second kappa shape index (κ2) is 8.60. The highest BCUT2D eigenvalue weighted by Crippen LogP contribution is 2.16. The summed E-state index contributed by atoms with van der Waals surface area (Å²) >= 11 is 3.02. The molecule has 8 heteroatoms. The molecule has 1 heterocycles. The van der Waals surface area contributed by atoms with Crippen LogP contribution >= 0.6 is 23.1 Å². The van der Waals surface area contributed by atoms with Gasteiger partial charge in [0.15, 0.2) is 0 Å². The normalized spacial score (nSPS) is 11.8. The van der Waals surface area contributed by atoms with Crippen LogP contribution in [0.4, 0.5) is 0 Å². The molecule has 0 saturated carbocycles. The Bertz CT molecular complexity index is 462. The summed E-state index contributed by atoms with van der Waals surface area (Å²) in [5, 5.41) is 13.3. The highest BCUT2D eigenvalue weighted by Gasteiger charge is 2.20. The smallest absolute Gasteiger partial charge is 0.326 e. The monoisotopic (exact) mass is 316 g/mol. The second-order valence-corrected chi connectivity index (χ2v) is 6.05. The minimum absolute atomic E-state index is 0.00595. The van der Waals surface area contributed by atoms with E-state index in [0.717, 1.165) is 4.88 Å². The molecule has 20 heavy (non-hydrogen) atoms. The van der Waals surface area contributed by atoms with Gasteiger partial charge >= 0.3 is 5.97 Å². The number of carbonyl (C=O) groups excluding carboxylic acids is 2. The zero-order valence-corrected chi connectivity index (χ0v) is 12.3. The minimum atomic E-state index is -1.16. The minimum Gasteiger partial charge on any atom is -0.480 e. The van der Waals surface area contributed by atoms with Gasteiger partial charge in [0.1, 0.15) is 6.04 Å². The molecular weight excluding hydrogens is 300 g/mol. The Morgan fingerprint density at radius 1 is 1.45 bits per heavy atom. The number of primary amides is 1. The van der Waals surface area contributed by atoms with Crippen molar-refractivity contribution < 1.29 is 19.5 Å². The van der Waals surface area contributed by atoms with Crippen LogP contribution in [0.25, 0.3) is 0 Å². The summed E-state index contributed by atoms with van der Waals surface area (Å²) in [6, 6.07) is 2.84. The summed E-state index contributed by atoms with van der Waals surface area (Å²) in [6.45, 7) is 0. The van der Waals surface area contributed by atoms with Crippen molar-refractivity contribution in [3.63, 3.8) is 0 Å². The molecule has 6 nitrogen and oxygen atoms in total. The van der Waals surface area contributed by atoms with Gasteiger partial charge < -0.3 is 16.2 Å². The van der Waals surface area contributed by atoms with E-state index in [-0.39, 0.29) is 24.5 Å². The van der Waals surface area contributed by atoms with E-state index in [4.69, 9.17) is 10.8 Å². The third kappa shape index (κ3) is 6.58. The number of hydrogen-bond acceptors (Lipinski definition) is 5. The molecule has 0 bridgehead atoms. The van der Waals surface area contributed by atoms with E-state index in [9.17, 15) is 14.4 Å². The summed E-state index contributed by atoms with van der Waals surface area (Å²) < 4.78 is 0. The molecule has 1 rings (SSSR count). The first-order valence-electron chi connectivity index (χ1n) is 5.89. The van der Waals surface area contributed by atoms with E-state index in [1.807, 2.05) is 17.5 Å². The SMILES string of the molecule is NC(=O)CC[C@@H](NC(=O)CSCc1cccs1)C(=O)O. The Labute approximate surface area is 124 Å². The van der Waals surface area contributed by atoms with Gasteiger partial charge in [-0.05, 0) is 17.9 Å². The number of hydrogen-bond donors (Lipinski definition) is 3. The molecular formula is C12H16N2O4S2. The Morgan fingerprint density at radius 3 is 2.75 bits per heavy atom. The number of thioether (sulfide) groups is 1. The molecule has 0 unspecified atom stereocenters. The van der Waals surface area contributed by atoms with Gasteiger partial charge in [-0.2, -0.15) is 0 Å². The molecule has 0 aliphatic rings. The molecule has 2 amide bonds. The number of carboxylic acids is 1.